The number of benzene rings is 1. The summed E-state index contributed by atoms with van der Waals surface area (Å²) in [5, 5.41) is 7.62. The summed E-state index contributed by atoms with van der Waals surface area (Å²) in [4.78, 5) is 14.0. The summed E-state index contributed by atoms with van der Waals surface area (Å²) in [6, 6.07) is 7.62. The minimum absolute atomic E-state index is 0.0522. The van der Waals surface area contributed by atoms with Crippen molar-refractivity contribution in [3.63, 3.8) is 0 Å². The number of nitrogens with two attached hydrogens (primary N) is 1. The normalized spacial score (nSPS) is 28.0. The molecule has 2 fully saturated rings. The fraction of sp³-hybridized carbons (Fsp3) is 0.560. The highest BCUT2D eigenvalue weighted by Gasteiger charge is 2.49. The Labute approximate surface area is 198 Å². The van der Waals surface area contributed by atoms with Crippen LogP contribution in [0.25, 0.3) is 0 Å². The van der Waals surface area contributed by atoms with E-state index in [9.17, 15) is 13.6 Å². The van der Waals surface area contributed by atoms with Crippen molar-refractivity contribution >= 4 is 6.09 Å². The molecule has 2 N–H and O–H groups in total. The van der Waals surface area contributed by atoms with Crippen LogP contribution in [-0.2, 0) is 4.74 Å². The zero-order valence-corrected chi connectivity index (χ0v) is 19.8. The van der Waals surface area contributed by atoms with Gasteiger partial charge < -0.3 is 15.2 Å². The van der Waals surface area contributed by atoms with Crippen LogP contribution < -0.4 is 10.5 Å². The van der Waals surface area contributed by atoms with Crippen molar-refractivity contribution in [3.05, 3.63) is 53.7 Å². The van der Waals surface area contributed by atoms with Crippen LogP contribution in [0.4, 0.5) is 13.6 Å². The van der Waals surface area contributed by atoms with E-state index in [2.05, 4.69) is 35.9 Å². The first kappa shape index (κ1) is 24.3. The van der Waals surface area contributed by atoms with Gasteiger partial charge in [-0.25, -0.2) is 13.6 Å². The predicted molar refractivity (Wildman–Crippen MR) is 122 cm³/mol. The molecule has 184 valence electrons. The molecule has 1 aromatic carbocycles. The number of carbonyl (C=O) groups excluding carboxylic acids is 1. The molecule has 4 rings (SSSR count). The number of primary amides is 1. The number of carbonyl (C=O) groups is 1. The predicted octanol–water partition coefficient (Wildman–Crippen LogP) is 4.42. The smallest absolute Gasteiger partial charge is 0.404 e. The molecule has 9 heteroatoms. The van der Waals surface area contributed by atoms with Crippen molar-refractivity contribution in [1.29, 1.82) is 0 Å². The van der Waals surface area contributed by atoms with Gasteiger partial charge in [-0.05, 0) is 61.3 Å². The van der Waals surface area contributed by atoms with Crippen LogP contribution in [0.15, 0.2) is 36.5 Å². The van der Waals surface area contributed by atoms with Crippen LogP contribution in [0.1, 0.15) is 57.9 Å². The van der Waals surface area contributed by atoms with Gasteiger partial charge >= 0.3 is 6.09 Å². The minimum atomic E-state index is -0.778. The van der Waals surface area contributed by atoms with Crippen LogP contribution >= 0.6 is 0 Å². The second kappa shape index (κ2) is 9.82. The number of nitrogens with zero attached hydrogens (tertiary/aromatic N) is 3. The quantitative estimate of drug-likeness (QED) is 0.690. The molecule has 0 bridgehead atoms. The lowest BCUT2D eigenvalue weighted by Gasteiger charge is -2.50. The van der Waals surface area contributed by atoms with Gasteiger partial charge in [-0.1, -0.05) is 32.9 Å². The van der Waals surface area contributed by atoms with E-state index in [4.69, 9.17) is 15.2 Å². The first-order chi connectivity index (χ1) is 16.1. The fourth-order valence-corrected chi connectivity index (χ4v) is 5.68. The second-order valence-electron chi connectivity index (χ2n) is 10.3. The van der Waals surface area contributed by atoms with Crippen molar-refractivity contribution in [2.45, 2.75) is 76.7 Å². The highest BCUT2D eigenvalue weighted by molar-refractivity contribution is 5.64. The van der Waals surface area contributed by atoms with E-state index in [0.29, 0.717) is 6.42 Å². The molecule has 1 saturated heterocycles. The first-order valence-corrected chi connectivity index (χ1v) is 11.7. The summed E-state index contributed by atoms with van der Waals surface area (Å²) in [6.45, 7) is 7.16. The van der Waals surface area contributed by atoms with Gasteiger partial charge in [0.05, 0.1) is 12.2 Å². The number of aromatic nitrogens is 2. The molecule has 1 aliphatic heterocycles. The monoisotopic (exact) mass is 474 g/mol. The van der Waals surface area contributed by atoms with Gasteiger partial charge in [0.15, 0.2) is 0 Å². The maximum atomic E-state index is 13.8. The van der Waals surface area contributed by atoms with Crippen molar-refractivity contribution in [2.75, 3.05) is 6.54 Å². The van der Waals surface area contributed by atoms with Crippen LogP contribution in [-0.4, -0.2) is 52.0 Å². The summed E-state index contributed by atoms with van der Waals surface area (Å²) in [5.41, 5.74) is 6.21. The average Bonchev–Trinajstić information content (AvgIpc) is 3.16. The lowest BCUT2D eigenvalue weighted by Crippen LogP contribution is -2.61. The van der Waals surface area contributed by atoms with E-state index in [0.717, 1.165) is 37.6 Å². The lowest BCUT2D eigenvalue weighted by molar-refractivity contribution is -0.0780. The van der Waals surface area contributed by atoms with Gasteiger partial charge in [-0.2, -0.15) is 5.10 Å². The van der Waals surface area contributed by atoms with Gasteiger partial charge in [-0.15, -0.1) is 5.10 Å². The molecule has 2 heterocycles. The van der Waals surface area contributed by atoms with Crippen LogP contribution in [0.2, 0.25) is 0 Å². The van der Waals surface area contributed by atoms with E-state index in [1.54, 1.807) is 12.1 Å². The molecule has 5 atom stereocenters. The highest BCUT2D eigenvalue weighted by atomic mass is 19.1. The Morgan fingerprint density at radius 3 is 2.50 bits per heavy atom. The molecule has 7 nitrogen and oxygen atoms in total. The third-order valence-electron chi connectivity index (χ3n) is 6.88. The van der Waals surface area contributed by atoms with Gasteiger partial charge in [0.1, 0.15) is 23.8 Å². The van der Waals surface area contributed by atoms with Crippen molar-refractivity contribution in [3.8, 4) is 5.88 Å². The van der Waals surface area contributed by atoms with Gasteiger partial charge in [0.25, 0.3) is 0 Å². The van der Waals surface area contributed by atoms with Crippen molar-refractivity contribution in [2.24, 2.45) is 11.1 Å². The van der Waals surface area contributed by atoms with Gasteiger partial charge in [0.2, 0.25) is 5.88 Å². The van der Waals surface area contributed by atoms with Crippen LogP contribution in [0.3, 0.4) is 0 Å². The van der Waals surface area contributed by atoms with E-state index in [1.165, 1.54) is 18.2 Å². The van der Waals surface area contributed by atoms with Crippen molar-refractivity contribution in [1.82, 2.24) is 15.1 Å². The number of hydrogen-bond acceptors (Lipinski definition) is 6. The summed E-state index contributed by atoms with van der Waals surface area (Å²) in [6.07, 6.45) is 2.60. The number of rotatable bonds is 5. The third-order valence-corrected chi connectivity index (χ3v) is 6.88. The van der Waals surface area contributed by atoms with Gasteiger partial charge in [0, 0.05) is 12.1 Å². The highest BCUT2D eigenvalue weighted by Crippen LogP contribution is 2.44. The van der Waals surface area contributed by atoms with Gasteiger partial charge in [-0.3, -0.25) is 4.90 Å². The Morgan fingerprint density at radius 2 is 1.85 bits per heavy atom. The Morgan fingerprint density at radius 1 is 1.12 bits per heavy atom. The maximum absolute atomic E-state index is 13.8. The molecule has 0 radical (unpaired) electrons. The molecule has 1 amide bonds. The Balaban J connectivity index is 1.66. The standard InChI is InChI=1S/C25H32F2N4O3/c1-25(2,3)23-20(34-24(28)32)5-4-10-31(23)19-11-16(15-6-8-17(26)9-7-15)12-21(19)33-22-13-18(27)14-29-30-22/h6-9,13-14,16,19-21,23H,4-5,10-12H2,1-3H3,(H2,28,32)/t16?,19?,20-,21?,23?/m1/s1. The lowest BCUT2D eigenvalue weighted by atomic mass is 9.77. The zero-order chi connectivity index (χ0) is 24.5. The molecule has 1 aliphatic carbocycles. The SMILES string of the molecule is CC(C)(C)C1[C@H](OC(N)=O)CCCN1C1CC(c2ccc(F)cc2)CC1Oc1cc(F)cnn1. The number of likely N-dealkylation sites (tertiary alicyclic amines) is 1. The number of piperidine rings is 1. The van der Waals surface area contributed by atoms with Crippen LogP contribution in [0, 0.1) is 17.0 Å². The fourth-order valence-electron chi connectivity index (χ4n) is 5.68. The molecule has 2 aromatic rings. The number of ether oxygens (including phenoxy) is 2. The minimum Gasteiger partial charge on any atom is -0.472 e. The van der Waals surface area contributed by atoms with Crippen molar-refractivity contribution < 1.29 is 23.0 Å². The molecule has 1 aromatic heterocycles. The maximum Gasteiger partial charge on any atom is 0.404 e. The van der Waals surface area contributed by atoms with E-state index in [-0.39, 0.29) is 47.3 Å². The summed E-state index contributed by atoms with van der Waals surface area (Å²) in [7, 11) is 0. The Kier molecular flexibility index (Phi) is 7.02. The topological polar surface area (TPSA) is 90.6 Å². The number of hydrogen-bond donors (Lipinski definition) is 1. The van der Waals surface area contributed by atoms with E-state index >= 15 is 0 Å². The third kappa shape index (κ3) is 5.46. The molecule has 1 saturated carbocycles. The molecular formula is C25H32F2N4O3. The first-order valence-electron chi connectivity index (χ1n) is 11.7. The van der Waals surface area contributed by atoms with E-state index in [1.807, 2.05) is 0 Å². The molecule has 0 spiro atoms. The second-order valence-corrected chi connectivity index (χ2v) is 10.3. The molecular weight excluding hydrogens is 442 g/mol. The summed E-state index contributed by atoms with van der Waals surface area (Å²) in [5.74, 6) is -0.550. The average molecular weight is 475 g/mol. The molecule has 4 unspecified atom stereocenters. The largest absolute Gasteiger partial charge is 0.472 e. The number of amides is 1. The zero-order valence-electron chi connectivity index (χ0n) is 19.8. The van der Waals surface area contributed by atoms with Crippen LogP contribution in [0.5, 0.6) is 5.88 Å². The Hall–Kier alpha value is -2.81. The Bertz CT molecular complexity index is 998. The molecule has 34 heavy (non-hydrogen) atoms. The number of halogens is 2. The summed E-state index contributed by atoms with van der Waals surface area (Å²) >= 11 is 0. The molecule has 2 aliphatic rings. The summed E-state index contributed by atoms with van der Waals surface area (Å²) < 4.78 is 39.1. The van der Waals surface area contributed by atoms with E-state index < -0.39 is 11.9 Å².